The zero-order valence-electron chi connectivity index (χ0n) is 10.5. The third-order valence-electron chi connectivity index (χ3n) is 2.52. The van der Waals surface area contributed by atoms with Crippen LogP contribution in [0.4, 0.5) is 5.69 Å². The molecule has 0 aliphatic carbocycles. The summed E-state index contributed by atoms with van der Waals surface area (Å²) in [4.78, 5) is 15.7. The van der Waals surface area contributed by atoms with Crippen molar-refractivity contribution in [3.05, 3.63) is 52.1 Å². The molecule has 1 aromatic carbocycles. The fourth-order valence-corrected chi connectivity index (χ4v) is 2.49. The minimum Gasteiger partial charge on any atom is -0.481 e. The van der Waals surface area contributed by atoms with Crippen molar-refractivity contribution in [1.82, 2.24) is 4.98 Å². The molecule has 0 saturated carbocycles. The molecule has 1 aromatic heterocycles. The highest BCUT2D eigenvalue weighted by molar-refractivity contribution is 7.99. The molecule has 0 N–H and O–H groups in total. The number of benzene rings is 1. The normalized spacial score (nSPS) is 10.2. The van der Waals surface area contributed by atoms with Gasteiger partial charge in [-0.1, -0.05) is 30.0 Å². The summed E-state index contributed by atoms with van der Waals surface area (Å²) in [6.45, 7) is 1.95. The predicted molar refractivity (Wildman–Crippen MR) is 72.7 cm³/mol. The first-order valence-corrected chi connectivity index (χ1v) is 6.36. The third-order valence-corrected chi connectivity index (χ3v) is 3.69. The molecule has 5 nitrogen and oxygen atoms in total. The largest absolute Gasteiger partial charge is 0.481 e. The van der Waals surface area contributed by atoms with Crippen molar-refractivity contribution in [2.24, 2.45) is 0 Å². The van der Waals surface area contributed by atoms with Crippen molar-refractivity contribution in [1.29, 1.82) is 0 Å². The molecule has 0 aliphatic heterocycles. The van der Waals surface area contributed by atoms with E-state index in [9.17, 15) is 10.1 Å². The SMILES string of the molecule is COc1ccc([N+](=O)[O-])c(Sc2ccccc2C)n1. The van der Waals surface area contributed by atoms with Gasteiger partial charge in [0.1, 0.15) is 0 Å². The van der Waals surface area contributed by atoms with Crippen molar-refractivity contribution in [3.63, 3.8) is 0 Å². The predicted octanol–water partition coefficient (Wildman–Crippen LogP) is 3.46. The van der Waals surface area contributed by atoms with E-state index < -0.39 is 4.92 Å². The van der Waals surface area contributed by atoms with Gasteiger partial charge in [0.15, 0.2) is 5.03 Å². The molecule has 0 saturated heterocycles. The number of pyridine rings is 1. The summed E-state index contributed by atoms with van der Waals surface area (Å²) in [5.41, 5.74) is 1.03. The fraction of sp³-hybridized carbons (Fsp3) is 0.154. The maximum atomic E-state index is 11.0. The molecule has 0 unspecified atom stereocenters. The summed E-state index contributed by atoms with van der Waals surface area (Å²) in [5, 5.41) is 11.3. The number of aryl methyl sites for hydroxylation is 1. The second kappa shape index (κ2) is 5.71. The van der Waals surface area contributed by atoms with Crippen molar-refractivity contribution in [3.8, 4) is 5.88 Å². The lowest BCUT2D eigenvalue weighted by Gasteiger charge is -2.06. The second-order valence-electron chi connectivity index (χ2n) is 3.80. The van der Waals surface area contributed by atoms with Gasteiger partial charge in [0.2, 0.25) is 5.88 Å². The van der Waals surface area contributed by atoms with Gasteiger partial charge in [0.25, 0.3) is 0 Å². The Morgan fingerprint density at radius 3 is 2.63 bits per heavy atom. The third kappa shape index (κ3) is 3.03. The standard InChI is InChI=1S/C13H12N2O3S/c1-9-5-3-4-6-11(9)19-13-10(15(16)17)7-8-12(14-13)18-2/h3-8H,1-2H3. The monoisotopic (exact) mass is 276 g/mol. The van der Waals surface area contributed by atoms with Gasteiger partial charge in [0.05, 0.1) is 12.0 Å². The van der Waals surface area contributed by atoms with Gasteiger partial charge in [-0.25, -0.2) is 0 Å². The maximum absolute atomic E-state index is 11.0. The van der Waals surface area contributed by atoms with Crippen LogP contribution < -0.4 is 4.74 Å². The molecule has 0 atom stereocenters. The van der Waals surface area contributed by atoms with Crippen LogP contribution in [0.5, 0.6) is 5.88 Å². The van der Waals surface area contributed by atoms with Crippen LogP contribution in [0, 0.1) is 17.0 Å². The lowest BCUT2D eigenvalue weighted by molar-refractivity contribution is -0.388. The number of rotatable bonds is 4. The van der Waals surface area contributed by atoms with Crippen LogP contribution in [0.3, 0.4) is 0 Å². The van der Waals surface area contributed by atoms with E-state index in [0.29, 0.717) is 10.9 Å². The topological polar surface area (TPSA) is 65.3 Å². The van der Waals surface area contributed by atoms with Crippen LogP contribution in [0.1, 0.15) is 5.56 Å². The number of methoxy groups -OCH3 is 1. The number of nitrogens with zero attached hydrogens (tertiary/aromatic N) is 2. The van der Waals surface area contributed by atoms with Crippen LogP contribution >= 0.6 is 11.8 Å². The first kappa shape index (κ1) is 13.4. The zero-order valence-corrected chi connectivity index (χ0v) is 11.3. The Kier molecular flexibility index (Phi) is 4.01. The smallest absolute Gasteiger partial charge is 0.302 e. The molecule has 98 valence electrons. The minimum absolute atomic E-state index is 0.0194. The van der Waals surface area contributed by atoms with Gasteiger partial charge >= 0.3 is 5.69 Å². The molecule has 0 fully saturated rings. The van der Waals surface area contributed by atoms with E-state index in [1.807, 2.05) is 31.2 Å². The Bertz CT molecular complexity index is 617. The molecule has 0 aliphatic rings. The van der Waals surface area contributed by atoms with Crippen LogP contribution in [0.25, 0.3) is 0 Å². The minimum atomic E-state index is -0.437. The molecule has 6 heteroatoms. The highest BCUT2D eigenvalue weighted by Gasteiger charge is 2.18. The molecule has 2 aromatic rings. The molecule has 1 heterocycles. The molecule has 19 heavy (non-hydrogen) atoms. The Labute approximate surface area is 114 Å². The second-order valence-corrected chi connectivity index (χ2v) is 4.83. The number of hydrogen-bond acceptors (Lipinski definition) is 5. The van der Waals surface area contributed by atoms with Gasteiger partial charge in [-0.05, 0) is 18.6 Å². The summed E-state index contributed by atoms with van der Waals surface area (Å²) in [6, 6.07) is 10.6. The summed E-state index contributed by atoms with van der Waals surface area (Å²) in [5.74, 6) is 0.363. The van der Waals surface area contributed by atoms with E-state index >= 15 is 0 Å². The van der Waals surface area contributed by atoms with Gasteiger partial charge in [-0.15, -0.1) is 0 Å². The van der Waals surface area contributed by atoms with Crippen molar-refractivity contribution >= 4 is 17.4 Å². The van der Waals surface area contributed by atoms with E-state index in [1.54, 1.807) is 0 Å². The summed E-state index contributed by atoms with van der Waals surface area (Å²) in [7, 11) is 1.48. The van der Waals surface area contributed by atoms with Crippen LogP contribution in [-0.2, 0) is 0 Å². The molecule has 0 spiro atoms. The van der Waals surface area contributed by atoms with E-state index in [0.717, 1.165) is 10.5 Å². The fourth-order valence-electron chi connectivity index (χ4n) is 1.52. The van der Waals surface area contributed by atoms with Gasteiger partial charge in [-0.2, -0.15) is 4.98 Å². The van der Waals surface area contributed by atoms with Crippen molar-refractivity contribution < 1.29 is 9.66 Å². The van der Waals surface area contributed by atoms with Gasteiger partial charge in [0, 0.05) is 17.0 Å². The van der Waals surface area contributed by atoms with Gasteiger partial charge in [-0.3, -0.25) is 10.1 Å². The molecule has 2 rings (SSSR count). The first-order chi connectivity index (χ1) is 9.11. The lowest BCUT2D eigenvalue weighted by Crippen LogP contribution is -1.96. The summed E-state index contributed by atoms with van der Waals surface area (Å²) < 4.78 is 5.01. The van der Waals surface area contributed by atoms with Crippen LogP contribution in [0.15, 0.2) is 46.3 Å². The Morgan fingerprint density at radius 2 is 2.00 bits per heavy atom. The average molecular weight is 276 g/mol. The van der Waals surface area contributed by atoms with Gasteiger partial charge < -0.3 is 4.74 Å². The van der Waals surface area contributed by atoms with E-state index in [4.69, 9.17) is 4.74 Å². The van der Waals surface area contributed by atoms with E-state index in [1.165, 1.54) is 31.0 Å². The molecular formula is C13H12N2O3S. The Hall–Kier alpha value is -2.08. The van der Waals surface area contributed by atoms with Crippen LogP contribution in [-0.4, -0.2) is 17.0 Å². The highest BCUT2D eigenvalue weighted by Crippen LogP contribution is 2.35. The average Bonchev–Trinajstić information content (AvgIpc) is 2.41. The molecule has 0 bridgehead atoms. The molecule has 0 amide bonds. The number of hydrogen-bond donors (Lipinski definition) is 0. The lowest BCUT2D eigenvalue weighted by atomic mass is 10.2. The first-order valence-electron chi connectivity index (χ1n) is 5.54. The number of nitro groups is 1. The number of ether oxygens (including phenoxy) is 1. The maximum Gasteiger partial charge on any atom is 0.302 e. The van der Waals surface area contributed by atoms with Crippen LogP contribution in [0.2, 0.25) is 0 Å². The van der Waals surface area contributed by atoms with E-state index in [2.05, 4.69) is 4.98 Å². The zero-order chi connectivity index (χ0) is 13.8. The van der Waals surface area contributed by atoms with E-state index in [-0.39, 0.29) is 5.69 Å². The number of aromatic nitrogens is 1. The highest BCUT2D eigenvalue weighted by atomic mass is 32.2. The molecular weight excluding hydrogens is 264 g/mol. The van der Waals surface area contributed by atoms with Crippen molar-refractivity contribution in [2.75, 3.05) is 7.11 Å². The quantitative estimate of drug-likeness (QED) is 0.632. The van der Waals surface area contributed by atoms with Crippen molar-refractivity contribution in [2.45, 2.75) is 16.8 Å². The Balaban J connectivity index is 2.43. The summed E-state index contributed by atoms with van der Waals surface area (Å²) >= 11 is 1.27. The Morgan fingerprint density at radius 1 is 1.26 bits per heavy atom. The summed E-state index contributed by atoms with van der Waals surface area (Å²) in [6.07, 6.45) is 0. The molecule has 0 radical (unpaired) electrons.